The highest BCUT2D eigenvalue weighted by Gasteiger charge is 2.27. The van der Waals surface area contributed by atoms with Gasteiger partial charge in [0.1, 0.15) is 5.75 Å². The maximum Gasteiger partial charge on any atom is 0.265 e. The number of carbonyl (C=O) groups is 3. The standard InChI is InChI=1S/C30H31N3O4/c1-21(34)25-11-12-28-27(17-25)33(29(35)20-37-28)19-23-7-9-24(10-8-23)30(36)31-26-13-15-32(16-14-26)18-22-5-3-2-4-6-22/h2-12,17,26H,13-16,18-20H2,1H3,(H,31,36). The molecule has 190 valence electrons. The van der Waals surface area contributed by atoms with E-state index in [0.29, 0.717) is 29.1 Å². The Bertz CT molecular complexity index is 1280. The molecule has 1 N–H and O–H groups in total. The van der Waals surface area contributed by atoms with Gasteiger partial charge in [-0.3, -0.25) is 19.3 Å². The molecule has 0 aromatic heterocycles. The minimum atomic E-state index is -0.173. The summed E-state index contributed by atoms with van der Waals surface area (Å²) in [5, 5.41) is 3.18. The summed E-state index contributed by atoms with van der Waals surface area (Å²) in [5.74, 6) is 0.258. The average Bonchev–Trinajstić information content (AvgIpc) is 2.92. The number of rotatable bonds is 7. The van der Waals surface area contributed by atoms with Crippen LogP contribution in [0.2, 0.25) is 0 Å². The highest BCUT2D eigenvalue weighted by atomic mass is 16.5. The van der Waals surface area contributed by atoms with Crippen molar-refractivity contribution in [1.82, 2.24) is 10.2 Å². The highest BCUT2D eigenvalue weighted by Crippen LogP contribution is 2.34. The number of fused-ring (bicyclic) bond motifs is 1. The number of nitrogens with one attached hydrogen (secondary N) is 1. The Morgan fingerprint density at radius 3 is 2.27 bits per heavy atom. The molecule has 7 nitrogen and oxygen atoms in total. The summed E-state index contributed by atoms with van der Waals surface area (Å²) in [5.41, 5.74) is 3.92. The number of piperidine rings is 1. The molecule has 2 amide bonds. The number of hydrogen-bond acceptors (Lipinski definition) is 5. The van der Waals surface area contributed by atoms with E-state index in [1.54, 1.807) is 35.2 Å². The first-order valence-electron chi connectivity index (χ1n) is 12.7. The summed E-state index contributed by atoms with van der Waals surface area (Å²) >= 11 is 0. The third-order valence-corrected chi connectivity index (χ3v) is 7.04. The summed E-state index contributed by atoms with van der Waals surface area (Å²) in [6.45, 7) is 4.64. The van der Waals surface area contributed by atoms with Crippen molar-refractivity contribution in [2.24, 2.45) is 0 Å². The Balaban J connectivity index is 1.17. The average molecular weight is 498 g/mol. The minimum Gasteiger partial charge on any atom is -0.482 e. The van der Waals surface area contributed by atoms with Crippen LogP contribution in [0.5, 0.6) is 5.75 Å². The molecule has 1 fully saturated rings. The van der Waals surface area contributed by atoms with E-state index >= 15 is 0 Å². The summed E-state index contributed by atoms with van der Waals surface area (Å²) in [6.07, 6.45) is 1.86. The lowest BCUT2D eigenvalue weighted by atomic mass is 10.0. The van der Waals surface area contributed by atoms with Gasteiger partial charge < -0.3 is 15.0 Å². The van der Waals surface area contributed by atoms with Crippen molar-refractivity contribution in [3.8, 4) is 5.75 Å². The number of ether oxygens (including phenoxy) is 1. The molecule has 2 heterocycles. The van der Waals surface area contributed by atoms with Gasteiger partial charge >= 0.3 is 0 Å². The van der Waals surface area contributed by atoms with Crippen LogP contribution < -0.4 is 15.0 Å². The molecule has 7 heteroatoms. The molecule has 0 atom stereocenters. The van der Waals surface area contributed by atoms with Crippen LogP contribution in [0, 0.1) is 0 Å². The van der Waals surface area contributed by atoms with Gasteiger partial charge in [0.2, 0.25) is 0 Å². The van der Waals surface area contributed by atoms with Crippen molar-refractivity contribution in [2.75, 3.05) is 24.6 Å². The number of ketones is 1. The minimum absolute atomic E-state index is 0.0446. The lowest BCUT2D eigenvalue weighted by Crippen LogP contribution is -2.44. The number of carbonyl (C=O) groups excluding carboxylic acids is 3. The third-order valence-electron chi connectivity index (χ3n) is 7.04. The molecule has 0 radical (unpaired) electrons. The first-order valence-corrected chi connectivity index (χ1v) is 12.7. The largest absolute Gasteiger partial charge is 0.482 e. The van der Waals surface area contributed by atoms with E-state index in [1.807, 2.05) is 18.2 Å². The van der Waals surface area contributed by atoms with E-state index in [4.69, 9.17) is 4.74 Å². The van der Waals surface area contributed by atoms with Crippen LogP contribution in [0.1, 0.15) is 51.6 Å². The molecule has 3 aromatic carbocycles. The zero-order valence-electron chi connectivity index (χ0n) is 21.0. The van der Waals surface area contributed by atoms with Crippen molar-refractivity contribution in [3.63, 3.8) is 0 Å². The molecule has 0 unspecified atom stereocenters. The molecular formula is C30H31N3O4. The van der Waals surface area contributed by atoms with Crippen LogP contribution in [0.3, 0.4) is 0 Å². The normalized spacial score (nSPS) is 16.1. The van der Waals surface area contributed by atoms with Crippen LogP contribution in [0.4, 0.5) is 5.69 Å². The first kappa shape index (κ1) is 24.7. The van der Waals surface area contributed by atoms with E-state index in [9.17, 15) is 14.4 Å². The Morgan fingerprint density at radius 1 is 0.892 bits per heavy atom. The van der Waals surface area contributed by atoms with Crippen molar-refractivity contribution in [1.29, 1.82) is 0 Å². The predicted molar refractivity (Wildman–Crippen MR) is 142 cm³/mol. The molecule has 2 aliphatic heterocycles. The molecule has 1 saturated heterocycles. The number of anilines is 1. The van der Waals surface area contributed by atoms with Crippen molar-refractivity contribution in [2.45, 2.75) is 38.9 Å². The third kappa shape index (κ3) is 5.89. The molecular weight excluding hydrogens is 466 g/mol. The predicted octanol–water partition coefficient (Wildman–Crippen LogP) is 4.21. The van der Waals surface area contributed by atoms with Gasteiger partial charge in [0, 0.05) is 36.8 Å². The Labute approximate surface area is 217 Å². The van der Waals surface area contributed by atoms with Gasteiger partial charge in [0.25, 0.3) is 11.8 Å². The molecule has 0 spiro atoms. The molecule has 0 bridgehead atoms. The number of Topliss-reactive ketones (excluding diaryl/α,β-unsaturated/α-hetero) is 1. The summed E-state index contributed by atoms with van der Waals surface area (Å²) in [4.78, 5) is 41.4. The number of benzene rings is 3. The fraction of sp³-hybridized carbons (Fsp3) is 0.300. The highest BCUT2D eigenvalue weighted by molar-refractivity contribution is 6.01. The van der Waals surface area contributed by atoms with Crippen molar-refractivity contribution in [3.05, 3.63) is 95.1 Å². The number of amides is 2. The summed E-state index contributed by atoms with van der Waals surface area (Å²) in [7, 11) is 0. The van der Waals surface area contributed by atoms with Gasteiger partial charge in [-0.2, -0.15) is 0 Å². The summed E-state index contributed by atoms with van der Waals surface area (Å²) < 4.78 is 5.54. The van der Waals surface area contributed by atoms with Gasteiger partial charge in [-0.15, -0.1) is 0 Å². The topological polar surface area (TPSA) is 79.0 Å². The van der Waals surface area contributed by atoms with Crippen molar-refractivity contribution >= 4 is 23.3 Å². The Hall–Kier alpha value is -3.97. The lowest BCUT2D eigenvalue weighted by molar-refractivity contribution is -0.121. The van der Waals surface area contributed by atoms with Gasteiger partial charge in [0.15, 0.2) is 12.4 Å². The maximum absolute atomic E-state index is 12.9. The van der Waals surface area contributed by atoms with Gasteiger partial charge in [0.05, 0.1) is 12.2 Å². The maximum atomic E-state index is 12.9. The Morgan fingerprint density at radius 2 is 1.57 bits per heavy atom. The zero-order chi connectivity index (χ0) is 25.8. The van der Waals surface area contributed by atoms with Crippen LogP contribution in [0.15, 0.2) is 72.8 Å². The quantitative estimate of drug-likeness (QED) is 0.495. The van der Waals surface area contributed by atoms with E-state index < -0.39 is 0 Å². The number of nitrogens with zero attached hydrogens (tertiary/aromatic N) is 2. The molecule has 3 aromatic rings. The fourth-order valence-corrected chi connectivity index (χ4v) is 4.88. The lowest BCUT2D eigenvalue weighted by Gasteiger charge is -2.32. The number of hydrogen-bond donors (Lipinski definition) is 1. The smallest absolute Gasteiger partial charge is 0.265 e. The molecule has 37 heavy (non-hydrogen) atoms. The molecule has 2 aliphatic rings. The SMILES string of the molecule is CC(=O)c1ccc2c(c1)N(Cc1ccc(C(=O)NC3CCN(Cc4ccccc4)CC3)cc1)C(=O)CO2. The summed E-state index contributed by atoms with van der Waals surface area (Å²) in [6, 6.07) is 23.1. The second kappa shape index (κ2) is 11.0. The van der Waals surface area contributed by atoms with Crippen LogP contribution in [-0.4, -0.2) is 48.2 Å². The van der Waals surface area contributed by atoms with E-state index in [0.717, 1.165) is 38.0 Å². The fourth-order valence-electron chi connectivity index (χ4n) is 4.88. The van der Waals surface area contributed by atoms with Gasteiger partial charge in [-0.05, 0) is 61.2 Å². The zero-order valence-corrected chi connectivity index (χ0v) is 21.0. The van der Waals surface area contributed by atoms with Crippen LogP contribution in [0.25, 0.3) is 0 Å². The van der Waals surface area contributed by atoms with Crippen molar-refractivity contribution < 1.29 is 19.1 Å². The second-order valence-electron chi connectivity index (χ2n) is 9.71. The van der Waals surface area contributed by atoms with Gasteiger partial charge in [-0.1, -0.05) is 42.5 Å². The monoisotopic (exact) mass is 497 g/mol. The molecule has 5 rings (SSSR count). The van der Waals surface area contributed by atoms with E-state index in [1.165, 1.54) is 12.5 Å². The molecule has 0 saturated carbocycles. The second-order valence-corrected chi connectivity index (χ2v) is 9.71. The van der Waals surface area contributed by atoms with E-state index in [2.05, 4.69) is 34.5 Å². The van der Waals surface area contributed by atoms with Crippen LogP contribution in [-0.2, 0) is 17.9 Å². The van der Waals surface area contributed by atoms with Gasteiger partial charge in [-0.25, -0.2) is 0 Å². The molecule has 0 aliphatic carbocycles. The van der Waals surface area contributed by atoms with E-state index in [-0.39, 0.29) is 30.2 Å². The number of likely N-dealkylation sites (tertiary alicyclic amines) is 1. The first-order chi connectivity index (χ1) is 18.0. The Kier molecular flexibility index (Phi) is 7.32. The van der Waals surface area contributed by atoms with Crippen LogP contribution >= 0.6 is 0 Å².